The molecule has 0 spiro atoms. The van der Waals surface area contributed by atoms with Gasteiger partial charge in [-0.3, -0.25) is 14.9 Å². The Hall–Kier alpha value is -3.75. The molecule has 0 saturated heterocycles. The lowest BCUT2D eigenvalue weighted by Crippen LogP contribution is -2.09. The van der Waals surface area contributed by atoms with Crippen molar-refractivity contribution < 1.29 is 24.1 Å². The molecule has 2 aromatic carbocycles. The van der Waals surface area contributed by atoms with E-state index < -0.39 is 10.9 Å². The molecule has 3 rings (SSSR count). The van der Waals surface area contributed by atoms with E-state index in [9.17, 15) is 19.7 Å². The van der Waals surface area contributed by atoms with Crippen LogP contribution in [0.1, 0.15) is 39.2 Å². The highest BCUT2D eigenvalue weighted by Gasteiger charge is 2.17. The fourth-order valence-electron chi connectivity index (χ4n) is 3.34. The highest BCUT2D eigenvalue weighted by molar-refractivity contribution is 6.12. The lowest BCUT2D eigenvalue weighted by molar-refractivity contribution is -0.384. The van der Waals surface area contributed by atoms with Crippen molar-refractivity contribution in [2.75, 3.05) is 6.61 Å². The summed E-state index contributed by atoms with van der Waals surface area (Å²) in [5.41, 5.74) is 2.79. The van der Waals surface area contributed by atoms with Gasteiger partial charge < -0.3 is 14.1 Å². The second-order valence-electron chi connectivity index (χ2n) is 6.89. The van der Waals surface area contributed by atoms with Gasteiger partial charge in [0.1, 0.15) is 0 Å². The molecule has 1 aromatic heterocycles. The number of esters is 1. The van der Waals surface area contributed by atoms with Gasteiger partial charge in [-0.05, 0) is 37.6 Å². The molecule has 0 unspecified atom stereocenters. The van der Waals surface area contributed by atoms with Crippen molar-refractivity contribution >= 4 is 45.1 Å². The molecular formula is C22H23N3O6. The zero-order valence-electron chi connectivity index (χ0n) is 17.6. The van der Waals surface area contributed by atoms with Gasteiger partial charge in [0.25, 0.3) is 5.69 Å². The number of fused-ring (bicyclic) bond motifs is 3. The van der Waals surface area contributed by atoms with E-state index in [1.807, 2.05) is 22.8 Å². The molecule has 0 bridgehead atoms. The molecule has 0 radical (unpaired) electrons. The number of nitro benzene ring substituents is 1. The first-order valence-corrected chi connectivity index (χ1v) is 9.96. The Kier molecular flexibility index (Phi) is 6.64. The maximum atomic E-state index is 11.9. The first-order valence-electron chi connectivity index (χ1n) is 9.96. The van der Waals surface area contributed by atoms with Crippen molar-refractivity contribution in [1.82, 2.24) is 4.57 Å². The predicted octanol–water partition coefficient (Wildman–Crippen LogP) is 4.33. The normalized spacial score (nSPS) is 11.6. The van der Waals surface area contributed by atoms with Crippen molar-refractivity contribution in [3.63, 3.8) is 0 Å². The molecule has 0 aliphatic carbocycles. The van der Waals surface area contributed by atoms with Crippen molar-refractivity contribution in [2.24, 2.45) is 5.16 Å². The van der Waals surface area contributed by atoms with Crippen molar-refractivity contribution in [2.45, 2.75) is 40.2 Å². The number of hydrogen-bond acceptors (Lipinski definition) is 7. The largest absolute Gasteiger partial charge is 0.466 e. The summed E-state index contributed by atoms with van der Waals surface area (Å²) in [5, 5.41) is 16.6. The first kappa shape index (κ1) is 21.9. The van der Waals surface area contributed by atoms with Gasteiger partial charge in [0.2, 0.25) is 0 Å². The summed E-state index contributed by atoms with van der Waals surface area (Å²) in [6.07, 6.45) is 0.395. The van der Waals surface area contributed by atoms with E-state index in [2.05, 4.69) is 5.16 Å². The minimum absolute atomic E-state index is 0.0235. The van der Waals surface area contributed by atoms with E-state index in [1.165, 1.54) is 12.1 Å². The lowest BCUT2D eigenvalue weighted by Gasteiger charge is -2.08. The van der Waals surface area contributed by atoms with Crippen LogP contribution in [0.5, 0.6) is 0 Å². The van der Waals surface area contributed by atoms with Crippen LogP contribution < -0.4 is 0 Å². The molecule has 0 atom stereocenters. The van der Waals surface area contributed by atoms with E-state index in [1.54, 1.807) is 26.8 Å². The molecule has 0 saturated carbocycles. The molecule has 3 aromatic rings. The number of aromatic nitrogens is 1. The number of nitro groups is 1. The van der Waals surface area contributed by atoms with Gasteiger partial charge in [0.15, 0.2) is 0 Å². The van der Waals surface area contributed by atoms with Crippen LogP contribution >= 0.6 is 0 Å². The Morgan fingerprint density at radius 1 is 1.06 bits per heavy atom. The molecule has 9 heteroatoms. The summed E-state index contributed by atoms with van der Waals surface area (Å²) in [6, 6.07) is 10.2. The van der Waals surface area contributed by atoms with E-state index >= 15 is 0 Å². The molecule has 0 fully saturated rings. The average molecular weight is 425 g/mol. The Morgan fingerprint density at radius 3 is 2.39 bits per heavy atom. The SMILES string of the molecule is CCOC(=O)CCn1c2ccc(C(C)=NOC(=O)CC)cc2c2cc([N+](=O)[O-])ccc21. The Bertz CT molecular complexity index is 1190. The minimum atomic E-state index is -0.442. The number of hydrogen-bond donors (Lipinski definition) is 0. The van der Waals surface area contributed by atoms with Crippen LogP contribution in [0, 0.1) is 10.1 Å². The number of aryl methyl sites for hydroxylation is 1. The number of benzene rings is 2. The zero-order chi connectivity index (χ0) is 22.5. The highest BCUT2D eigenvalue weighted by Crippen LogP contribution is 2.33. The molecule has 31 heavy (non-hydrogen) atoms. The summed E-state index contributed by atoms with van der Waals surface area (Å²) in [5.74, 6) is -0.747. The van der Waals surface area contributed by atoms with Crippen molar-refractivity contribution in [3.05, 3.63) is 52.1 Å². The van der Waals surface area contributed by atoms with Crippen molar-refractivity contribution in [3.8, 4) is 0 Å². The number of carbonyl (C=O) groups is 2. The summed E-state index contributed by atoms with van der Waals surface area (Å²) in [4.78, 5) is 39.0. The summed E-state index contributed by atoms with van der Waals surface area (Å²) in [6.45, 7) is 5.82. The number of rotatable bonds is 8. The van der Waals surface area contributed by atoms with Crippen LogP contribution in [0.4, 0.5) is 5.69 Å². The van der Waals surface area contributed by atoms with E-state index in [-0.39, 0.29) is 24.5 Å². The van der Waals surface area contributed by atoms with E-state index in [4.69, 9.17) is 9.57 Å². The summed E-state index contributed by atoms with van der Waals surface area (Å²) < 4.78 is 6.97. The van der Waals surface area contributed by atoms with Crippen LogP contribution in [0.2, 0.25) is 0 Å². The number of carbonyl (C=O) groups excluding carboxylic acids is 2. The molecule has 0 N–H and O–H groups in total. The number of ether oxygens (including phenoxy) is 1. The quantitative estimate of drug-likeness (QED) is 0.174. The number of non-ortho nitro benzene ring substituents is 1. The van der Waals surface area contributed by atoms with Gasteiger partial charge in [-0.15, -0.1) is 0 Å². The maximum absolute atomic E-state index is 11.9. The van der Waals surface area contributed by atoms with Gasteiger partial charge in [0, 0.05) is 46.9 Å². The third-order valence-electron chi connectivity index (χ3n) is 4.89. The Balaban J connectivity index is 2.11. The standard InChI is InChI=1S/C22H23N3O6/c1-4-21(26)31-23-14(3)15-6-8-19-17(12-15)18-13-16(25(28)29)7-9-20(18)24(19)11-10-22(27)30-5-2/h6-9,12-13H,4-5,10-11H2,1-3H3. The minimum Gasteiger partial charge on any atom is -0.466 e. The molecule has 0 aliphatic rings. The topological polar surface area (TPSA) is 113 Å². The predicted molar refractivity (Wildman–Crippen MR) is 116 cm³/mol. The number of nitrogens with zero attached hydrogens (tertiary/aromatic N) is 3. The third-order valence-corrected chi connectivity index (χ3v) is 4.89. The summed E-state index contributed by atoms with van der Waals surface area (Å²) >= 11 is 0. The van der Waals surface area contributed by atoms with Gasteiger partial charge in [0.05, 0.1) is 23.7 Å². The van der Waals surface area contributed by atoms with E-state index in [0.717, 1.165) is 16.4 Å². The second-order valence-corrected chi connectivity index (χ2v) is 6.89. The molecular weight excluding hydrogens is 402 g/mol. The third kappa shape index (κ3) is 4.71. The number of oxime groups is 1. The van der Waals surface area contributed by atoms with Crippen LogP contribution in [0.15, 0.2) is 41.6 Å². The Labute approximate surface area is 178 Å². The fraction of sp³-hybridized carbons (Fsp3) is 0.318. The van der Waals surface area contributed by atoms with Crippen molar-refractivity contribution in [1.29, 1.82) is 0 Å². The molecule has 1 heterocycles. The van der Waals surface area contributed by atoms with E-state index in [0.29, 0.717) is 29.8 Å². The average Bonchev–Trinajstić information content (AvgIpc) is 3.08. The molecule has 162 valence electrons. The fourth-order valence-corrected chi connectivity index (χ4v) is 3.34. The van der Waals surface area contributed by atoms with Gasteiger partial charge in [-0.25, -0.2) is 4.79 Å². The molecule has 0 amide bonds. The monoisotopic (exact) mass is 425 g/mol. The molecule has 0 aliphatic heterocycles. The van der Waals surface area contributed by atoms with Gasteiger partial charge in [-0.2, -0.15) is 0 Å². The second kappa shape index (κ2) is 9.38. The first-order chi connectivity index (χ1) is 14.8. The van der Waals surface area contributed by atoms with Gasteiger partial charge >= 0.3 is 11.9 Å². The maximum Gasteiger partial charge on any atom is 0.334 e. The Morgan fingerprint density at radius 2 is 1.74 bits per heavy atom. The summed E-state index contributed by atoms with van der Waals surface area (Å²) in [7, 11) is 0. The lowest BCUT2D eigenvalue weighted by atomic mass is 10.1. The van der Waals surface area contributed by atoms with Crippen LogP contribution in [-0.4, -0.2) is 33.7 Å². The molecule has 9 nitrogen and oxygen atoms in total. The zero-order valence-corrected chi connectivity index (χ0v) is 17.6. The van der Waals surface area contributed by atoms with Gasteiger partial charge in [-0.1, -0.05) is 18.1 Å². The van der Waals surface area contributed by atoms with Crippen LogP contribution in [0.3, 0.4) is 0 Å². The smallest absolute Gasteiger partial charge is 0.334 e. The van der Waals surface area contributed by atoms with Crippen LogP contribution in [-0.2, 0) is 25.7 Å². The van der Waals surface area contributed by atoms with Crippen LogP contribution in [0.25, 0.3) is 21.8 Å². The highest BCUT2D eigenvalue weighted by atomic mass is 16.7.